The molecule has 2 aromatic heterocycles. The molecular formula is C18H20N4O2S2. The molecule has 0 aliphatic rings. The van der Waals surface area contributed by atoms with Crippen molar-refractivity contribution in [2.45, 2.75) is 31.2 Å². The van der Waals surface area contributed by atoms with Crippen LogP contribution in [0.25, 0.3) is 10.2 Å². The molecule has 1 amide bonds. The second-order valence-electron chi connectivity index (χ2n) is 5.83. The maximum Gasteiger partial charge on any atom is 0.237 e. The third-order valence-corrected chi connectivity index (χ3v) is 6.11. The number of fused-ring (bicyclic) bond motifs is 1. The van der Waals surface area contributed by atoms with E-state index >= 15 is 0 Å². The first-order chi connectivity index (χ1) is 12.4. The molecule has 2 heterocycles. The zero-order valence-electron chi connectivity index (χ0n) is 15.0. The third kappa shape index (κ3) is 3.76. The number of methoxy groups -OCH3 is 1. The van der Waals surface area contributed by atoms with Gasteiger partial charge in [0.15, 0.2) is 5.16 Å². The first-order valence-electron chi connectivity index (χ1n) is 8.04. The molecule has 136 valence electrons. The van der Waals surface area contributed by atoms with E-state index in [9.17, 15) is 4.79 Å². The molecule has 0 spiro atoms. The lowest BCUT2D eigenvalue weighted by atomic mass is 10.2. The number of ether oxygens (including phenoxy) is 1. The van der Waals surface area contributed by atoms with Crippen LogP contribution >= 0.6 is 23.1 Å². The van der Waals surface area contributed by atoms with Crippen LogP contribution in [0, 0.1) is 13.8 Å². The Bertz CT molecular complexity index is 954. The number of anilines is 2. The molecule has 0 radical (unpaired) electrons. The van der Waals surface area contributed by atoms with Crippen molar-refractivity contribution in [3.63, 3.8) is 0 Å². The average molecular weight is 389 g/mol. The van der Waals surface area contributed by atoms with Crippen molar-refractivity contribution in [3.8, 4) is 5.75 Å². The van der Waals surface area contributed by atoms with Crippen molar-refractivity contribution >= 4 is 50.7 Å². The Balaban J connectivity index is 1.73. The molecule has 3 aromatic rings. The Morgan fingerprint density at radius 2 is 1.96 bits per heavy atom. The van der Waals surface area contributed by atoms with Crippen LogP contribution in [0.4, 0.5) is 11.5 Å². The lowest BCUT2D eigenvalue weighted by molar-refractivity contribution is -0.115. The number of carbonyl (C=O) groups is 1. The van der Waals surface area contributed by atoms with Crippen molar-refractivity contribution in [1.82, 2.24) is 9.97 Å². The van der Waals surface area contributed by atoms with Crippen LogP contribution in [0.5, 0.6) is 5.75 Å². The number of thioether (sulfide) groups is 1. The normalized spacial score (nSPS) is 12.2. The number of amides is 1. The maximum atomic E-state index is 12.4. The van der Waals surface area contributed by atoms with Crippen LogP contribution in [0.3, 0.4) is 0 Å². The van der Waals surface area contributed by atoms with Crippen LogP contribution in [0.2, 0.25) is 0 Å². The van der Waals surface area contributed by atoms with Crippen molar-refractivity contribution in [2.24, 2.45) is 0 Å². The molecule has 0 aliphatic heterocycles. The highest BCUT2D eigenvalue weighted by molar-refractivity contribution is 8.00. The second-order valence-corrected chi connectivity index (χ2v) is 8.34. The summed E-state index contributed by atoms with van der Waals surface area (Å²) in [6.07, 6.45) is 0. The fourth-order valence-electron chi connectivity index (χ4n) is 2.44. The minimum atomic E-state index is -0.365. The number of carbonyl (C=O) groups excluding carboxylic acids is 1. The molecule has 3 N–H and O–H groups in total. The number of hydrogen-bond donors (Lipinski definition) is 2. The molecule has 0 saturated carbocycles. The van der Waals surface area contributed by atoms with Gasteiger partial charge in [-0.2, -0.15) is 0 Å². The molecule has 26 heavy (non-hydrogen) atoms. The van der Waals surface area contributed by atoms with Gasteiger partial charge in [0.25, 0.3) is 0 Å². The molecule has 0 saturated heterocycles. The summed E-state index contributed by atoms with van der Waals surface area (Å²) in [7, 11) is 1.60. The number of rotatable bonds is 5. The Morgan fingerprint density at radius 1 is 1.27 bits per heavy atom. The van der Waals surface area contributed by atoms with E-state index in [0.717, 1.165) is 21.5 Å². The molecule has 1 aromatic carbocycles. The first kappa shape index (κ1) is 18.5. The zero-order valence-corrected chi connectivity index (χ0v) is 16.6. The number of nitrogens with two attached hydrogens (primary N) is 1. The van der Waals surface area contributed by atoms with E-state index in [-0.39, 0.29) is 11.2 Å². The monoisotopic (exact) mass is 388 g/mol. The Morgan fingerprint density at radius 3 is 2.62 bits per heavy atom. The predicted octanol–water partition coefficient (Wildman–Crippen LogP) is 4.02. The number of aromatic nitrogens is 2. The van der Waals surface area contributed by atoms with Crippen molar-refractivity contribution in [1.29, 1.82) is 0 Å². The summed E-state index contributed by atoms with van der Waals surface area (Å²) < 4.78 is 5.11. The minimum Gasteiger partial charge on any atom is -0.497 e. The molecule has 8 heteroatoms. The van der Waals surface area contributed by atoms with Gasteiger partial charge in [0.05, 0.1) is 17.7 Å². The number of nitrogens with one attached hydrogen (secondary N) is 1. The Kier molecular flexibility index (Phi) is 5.33. The molecule has 6 nitrogen and oxygen atoms in total. The number of benzene rings is 1. The topological polar surface area (TPSA) is 90.1 Å². The van der Waals surface area contributed by atoms with Crippen LogP contribution in [-0.2, 0) is 4.79 Å². The summed E-state index contributed by atoms with van der Waals surface area (Å²) in [5.74, 6) is 1.08. The van der Waals surface area contributed by atoms with Gasteiger partial charge in [-0.3, -0.25) is 4.79 Å². The number of hydrogen-bond acceptors (Lipinski definition) is 7. The van der Waals surface area contributed by atoms with Gasteiger partial charge in [-0.1, -0.05) is 11.8 Å². The smallest absolute Gasteiger partial charge is 0.237 e. The molecule has 0 fully saturated rings. The van der Waals surface area contributed by atoms with Gasteiger partial charge < -0.3 is 15.8 Å². The van der Waals surface area contributed by atoms with Gasteiger partial charge in [0.1, 0.15) is 16.4 Å². The Labute approximate surface area is 160 Å². The summed E-state index contributed by atoms with van der Waals surface area (Å²) in [5, 5.41) is 3.93. The van der Waals surface area contributed by atoms with E-state index in [4.69, 9.17) is 10.5 Å². The quantitative estimate of drug-likeness (QED) is 0.507. The molecule has 1 atom stereocenters. The van der Waals surface area contributed by atoms with Crippen LogP contribution < -0.4 is 15.8 Å². The summed E-state index contributed by atoms with van der Waals surface area (Å²) >= 11 is 2.88. The van der Waals surface area contributed by atoms with Crippen LogP contribution in [0.1, 0.15) is 17.4 Å². The Hall–Kier alpha value is -2.32. The van der Waals surface area contributed by atoms with E-state index in [1.54, 1.807) is 42.7 Å². The largest absolute Gasteiger partial charge is 0.497 e. The maximum absolute atomic E-state index is 12.4. The van der Waals surface area contributed by atoms with E-state index in [1.165, 1.54) is 16.6 Å². The van der Waals surface area contributed by atoms with E-state index in [2.05, 4.69) is 15.3 Å². The van der Waals surface area contributed by atoms with Gasteiger partial charge in [0.2, 0.25) is 5.91 Å². The summed E-state index contributed by atoms with van der Waals surface area (Å²) in [6, 6.07) is 7.19. The number of aryl methyl sites for hydroxylation is 2. The summed E-state index contributed by atoms with van der Waals surface area (Å²) in [5.41, 5.74) is 7.93. The number of thiophene rings is 1. The standard InChI is InChI=1S/C18H20N4O2S2/c1-9-10(2)25-17-14(9)15(19)21-18(22-17)26-11(3)16(23)20-12-5-7-13(24-4)8-6-12/h5-8,11H,1-4H3,(H,20,23)(H2,19,21,22). The molecule has 1 unspecified atom stereocenters. The van der Waals surface area contributed by atoms with E-state index in [0.29, 0.717) is 16.7 Å². The van der Waals surface area contributed by atoms with Crippen LogP contribution in [0.15, 0.2) is 29.4 Å². The predicted molar refractivity (Wildman–Crippen MR) is 108 cm³/mol. The average Bonchev–Trinajstić information content (AvgIpc) is 2.90. The van der Waals surface area contributed by atoms with Crippen molar-refractivity contribution < 1.29 is 9.53 Å². The van der Waals surface area contributed by atoms with E-state index in [1.807, 2.05) is 20.8 Å². The first-order valence-corrected chi connectivity index (χ1v) is 9.73. The van der Waals surface area contributed by atoms with Gasteiger partial charge >= 0.3 is 0 Å². The molecule has 3 rings (SSSR count). The second kappa shape index (κ2) is 7.51. The molecule has 0 aliphatic carbocycles. The number of nitrogen functional groups attached to an aromatic ring is 1. The van der Waals surface area contributed by atoms with Crippen molar-refractivity contribution in [3.05, 3.63) is 34.7 Å². The highest BCUT2D eigenvalue weighted by Gasteiger charge is 2.19. The van der Waals surface area contributed by atoms with Gasteiger partial charge in [-0.05, 0) is 50.6 Å². The van der Waals surface area contributed by atoms with Gasteiger partial charge in [-0.15, -0.1) is 11.3 Å². The fraction of sp³-hybridized carbons (Fsp3) is 0.278. The summed E-state index contributed by atoms with van der Waals surface area (Å²) in [6.45, 7) is 5.88. The highest BCUT2D eigenvalue weighted by atomic mass is 32.2. The third-order valence-electron chi connectivity index (χ3n) is 4.05. The summed E-state index contributed by atoms with van der Waals surface area (Å²) in [4.78, 5) is 23.4. The SMILES string of the molecule is COc1ccc(NC(=O)C(C)Sc2nc(N)c3c(C)c(C)sc3n2)cc1. The highest BCUT2D eigenvalue weighted by Crippen LogP contribution is 2.34. The minimum absolute atomic E-state index is 0.124. The lowest BCUT2D eigenvalue weighted by Crippen LogP contribution is -2.22. The molecule has 0 bridgehead atoms. The van der Waals surface area contributed by atoms with Crippen LogP contribution in [-0.4, -0.2) is 28.2 Å². The van der Waals surface area contributed by atoms with Gasteiger partial charge in [-0.25, -0.2) is 9.97 Å². The zero-order chi connectivity index (χ0) is 18.8. The van der Waals surface area contributed by atoms with Gasteiger partial charge in [0, 0.05) is 10.6 Å². The fourth-order valence-corrected chi connectivity index (χ4v) is 4.31. The number of nitrogens with zero attached hydrogens (tertiary/aromatic N) is 2. The lowest BCUT2D eigenvalue weighted by Gasteiger charge is -2.12. The van der Waals surface area contributed by atoms with E-state index < -0.39 is 0 Å². The molecular weight excluding hydrogens is 368 g/mol. The van der Waals surface area contributed by atoms with Crippen molar-refractivity contribution in [2.75, 3.05) is 18.2 Å².